The number of carbonyl (C=O) groups excluding carboxylic acids is 1. The molecule has 1 atom stereocenters. The van der Waals surface area contributed by atoms with Crippen LogP contribution in [-0.4, -0.2) is 43.6 Å². The summed E-state index contributed by atoms with van der Waals surface area (Å²) in [5.74, 6) is -0.883. The number of amides is 1. The standard InChI is InChI=1S/C12H13F3N2O4S/c13-12(14,15)22(20,21)9-3-1-8(2-4-9)17-6-5-11(19,7-17)10(16)18/h1-4,19H,5-7H2,(H2,16,18)/t11-/m1/s1. The highest BCUT2D eigenvalue weighted by molar-refractivity contribution is 7.92. The molecule has 1 amide bonds. The Bertz CT molecular complexity index is 687. The number of benzene rings is 1. The van der Waals surface area contributed by atoms with Crippen LogP contribution in [0.4, 0.5) is 18.9 Å². The zero-order chi connectivity index (χ0) is 16.8. The summed E-state index contributed by atoms with van der Waals surface area (Å²) in [7, 11) is -5.40. The van der Waals surface area contributed by atoms with E-state index in [1.807, 2.05) is 0 Å². The minimum absolute atomic E-state index is 0.0882. The van der Waals surface area contributed by atoms with Crippen molar-refractivity contribution in [2.45, 2.75) is 22.4 Å². The highest BCUT2D eigenvalue weighted by Crippen LogP contribution is 2.32. The number of hydrogen-bond donors (Lipinski definition) is 2. The number of halogens is 3. The lowest BCUT2D eigenvalue weighted by Crippen LogP contribution is -2.46. The minimum atomic E-state index is -5.40. The van der Waals surface area contributed by atoms with Gasteiger partial charge in [-0.1, -0.05) is 0 Å². The Labute approximate surface area is 124 Å². The second-order valence-electron chi connectivity index (χ2n) is 5.01. The molecule has 0 unspecified atom stereocenters. The van der Waals surface area contributed by atoms with Gasteiger partial charge in [-0.3, -0.25) is 4.79 Å². The van der Waals surface area contributed by atoms with E-state index in [2.05, 4.69) is 0 Å². The van der Waals surface area contributed by atoms with Crippen LogP contribution < -0.4 is 10.6 Å². The van der Waals surface area contributed by atoms with Crippen molar-refractivity contribution in [1.82, 2.24) is 0 Å². The predicted octanol–water partition coefficient (Wildman–Crippen LogP) is 0.407. The van der Waals surface area contributed by atoms with Crippen LogP contribution in [0.1, 0.15) is 6.42 Å². The van der Waals surface area contributed by atoms with E-state index in [0.717, 1.165) is 12.1 Å². The zero-order valence-electron chi connectivity index (χ0n) is 11.2. The molecule has 1 aromatic carbocycles. The van der Waals surface area contributed by atoms with Gasteiger partial charge in [0.25, 0.3) is 15.7 Å². The van der Waals surface area contributed by atoms with Gasteiger partial charge >= 0.3 is 5.51 Å². The van der Waals surface area contributed by atoms with Gasteiger partial charge in [-0.25, -0.2) is 8.42 Å². The van der Waals surface area contributed by atoms with Crippen LogP contribution in [0.5, 0.6) is 0 Å². The Balaban J connectivity index is 2.23. The average Bonchev–Trinajstić information content (AvgIpc) is 2.82. The van der Waals surface area contributed by atoms with Crippen molar-refractivity contribution >= 4 is 21.4 Å². The van der Waals surface area contributed by atoms with Crippen LogP contribution in [0.2, 0.25) is 0 Å². The second-order valence-corrected chi connectivity index (χ2v) is 6.95. The quantitative estimate of drug-likeness (QED) is 0.831. The molecule has 0 aromatic heterocycles. The third-order valence-corrected chi connectivity index (χ3v) is 5.03. The highest BCUT2D eigenvalue weighted by Gasteiger charge is 2.47. The van der Waals surface area contributed by atoms with Gasteiger partial charge in [0, 0.05) is 18.7 Å². The van der Waals surface area contributed by atoms with Crippen molar-refractivity contribution in [3.05, 3.63) is 24.3 Å². The van der Waals surface area contributed by atoms with E-state index in [0.29, 0.717) is 5.69 Å². The Morgan fingerprint density at radius 2 is 1.82 bits per heavy atom. The number of sulfone groups is 1. The highest BCUT2D eigenvalue weighted by atomic mass is 32.2. The van der Waals surface area contributed by atoms with Gasteiger partial charge in [0.2, 0.25) is 0 Å². The molecule has 22 heavy (non-hydrogen) atoms. The fraction of sp³-hybridized carbons (Fsp3) is 0.417. The summed E-state index contributed by atoms with van der Waals surface area (Å²) >= 11 is 0. The SMILES string of the molecule is NC(=O)[C@@]1(O)CCN(c2ccc(S(=O)(=O)C(F)(F)F)cc2)C1. The van der Waals surface area contributed by atoms with Crippen molar-refractivity contribution in [1.29, 1.82) is 0 Å². The fourth-order valence-corrected chi connectivity index (χ4v) is 2.95. The first kappa shape index (κ1) is 16.6. The lowest BCUT2D eigenvalue weighted by atomic mass is 10.0. The number of β-amino-alcohol motifs (C(OH)–C–C–N with tert-alkyl or cyclic N) is 1. The largest absolute Gasteiger partial charge is 0.501 e. The first-order valence-corrected chi connectivity index (χ1v) is 7.64. The lowest BCUT2D eigenvalue weighted by Gasteiger charge is -2.21. The molecule has 0 spiro atoms. The smallest absolute Gasteiger partial charge is 0.378 e. The Morgan fingerprint density at radius 1 is 1.27 bits per heavy atom. The van der Waals surface area contributed by atoms with E-state index >= 15 is 0 Å². The van der Waals surface area contributed by atoms with Crippen LogP contribution in [0, 0.1) is 0 Å². The van der Waals surface area contributed by atoms with Gasteiger partial charge in [0.1, 0.15) is 0 Å². The summed E-state index contributed by atoms with van der Waals surface area (Å²) in [6.45, 7) is 0.165. The molecule has 1 fully saturated rings. The van der Waals surface area contributed by atoms with Gasteiger partial charge in [-0.2, -0.15) is 13.2 Å². The third-order valence-electron chi connectivity index (χ3n) is 3.52. The maximum Gasteiger partial charge on any atom is 0.501 e. The number of hydrogen-bond acceptors (Lipinski definition) is 5. The van der Waals surface area contributed by atoms with Crippen LogP contribution in [0.15, 0.2) is 29.2 Å². The van der Waals surface area contributed by atoms with E-state index in [1.165, 1.54) is 17.0 Å². The average molecular weight is 338 g/mol. The Hall–Kier alpha value is -1.81. The minimum Gasteiger partial charge on any atom is -0.378 e. The van der Waals surface area contributed by atoms with Crippen LogP contribution in [0.3, 0.4) is 0 Å². The summed E-state index contributed by atoms with van der Waals surface area (Å²) < 4.78 is 59.8. The van der Waals surface area contributed by atoms with Crippen molar-refractivity contribution in [2.24, 2.45) is 5.73 Å². The number of nitrogens with zero attached hydrogens (tertiary/aromatic N) is 1. The van der Waals surface area contributed by atoms with E-state index in [9.17, 15) is 31.5 Å². The van der Waals surface area contributed by atoms with Crippen LogP contribution in [-0.2, 0) is 14.6 Å². The second kappa shape index (κ2) is 5.13. The normalized spacial score (nSPS) is 22.8. The molecule has 0 bridgehead atoms. The van der Waals surface area contributed by atoms with E-state index < -0.39 is 31.7 Å². The van der Waals surface area contributed by atoms with Crippen LogP contribution in [0.25, 0.3) is 0 Å². The Morgan fingerprint density at radius 3 is 2.23 bits per heavy atom. The molecule has 6 nitrogen and oxygen atoms in total. The number of alkyl halides is 3. The first-order valence-electron chi connectivity index (χ1n) is 6.16. The number of rotatable bonds is 3. The monoisotopic (exact) mass is 338 g/mol. The molecule has 1 aliphatic rings. The molecular weight excluding hydrogens is 325 g/mol. The number of nitrogens with two attached hydrogens (primary N) is 1. The number of anilines is 1. The maximum absolute atomic E-state index is 12.4. The summed E-state index contributed by atoms with van der Waals surface area (Å²) in [6, 6.07) is 4.04. The molecule has 2 rings (SSSR count). The molecule has 122 valence electrons. The number of carbonyl (C=O) groups is 1. The molecule has 0 saturated carbocycles. The van der Waals surface area contributed by atoms with Gasteiger partial charge in [-0.15, -0.1) is 0 Å². The van der Waals surface area contributed by atoms with Crippen molar-refractivity contribution in [3.63, 3.8) is 0 Å². The van der Waals surface area contributed by atoms with Gasteiger partial charge < -0.3 is 15.7 Å². The predicted molar refractivity (Wildman–Crippen MR) is 70.7 cm³/mol. The zero-order valence-corrected chi connectivity index (χ0v) is 12.0. The first-order chi connectivity index (χ1) is 9.97. The third kappa shape index (κ3) is 2.75. The van der Waals surface area contributed by atoms with Crippen molar-refractivity contribution in [3.8, 4) is 0 Å². The molecule has 10 heteroatoms. The molecule has 1 heterocycles. The van der Waals surface area contributed by atoms with Gasteiger partial charge in [-0.05, 0) is 24.3 Å². The van der Waals surface area contributed by atoms with Crippen molar-refractivity contribution < 1.29 is 31.5 Å². The molecule has 1 aromatic rings. The van der Waals surface area contributed by atoms with Crippen LogP contribution >= 0.6 is 0 Å². The molecule has 1 aliphatic heterocycles. The summed E-state index contributed by atoms with van der Waals surface area (Å²) in [4.78, 5) is 11.8. The lowest BCUT2D eigenvalue weighted by molar-refractivity contribution is -0.134. The molecule has 3 N–H and O–H groups in total. The van der Waals surface area contributed by atoms with Crippen molar-refractivity contribution in [2.75, 3.05) is 18.0 Å². The van der Waals surface area contributed by atoms with Gasteiger partial charge in [0.15, 0.2) is 5.60 Å². The van der Waals surface area contributed by atoms with E-state index in [1.54, 1.807) is 0 Å². The van der Waals surface area contributed by atoms with E-state index in [4.69, 9.17) is 5.73 Å². The maximum atomic E-state index is 12.4. The molecule has 0 radical (unpaired) electrons. The Kier molecular flexibility index (Phi) is 3.86. The summed E-state index contributed by atoms with van der Waals surface area (Å²) in [5, 5.41) is 9.93. The van der Waals surface area contributed by atoms with Gasteiger partial charge in [0.05, 0.1) is 11.4 Å². The molecule has 0 aliphatic carbocycles. The topological polar surface area (TPSA) is 101 Å². The molecular formula is C12H13F3N2O4S. The number of aliphatic hydroxyl groups is 1. The fourth-order valence-electron chi connectivity index (χ4n) is 2.19. The summed E-state index contributed by atoms with van der Waals surface area (Å²) in [6.07, 6.45) is 0.0882. The number of primary amides is 1. The van der Waals surface area contributed by atoms with E-state index in [-0.39, 0.29) is 19.5 Å². The molecule has 1 saturated heterocycles. The summed E-state index contributed by atoms with van der Waals surface area (Å²) in [5.41, 5.74) is -1.60.